The molecule has 4 rings (SSSR count). The molecule has 0 unspecified atom stereocenters. The van der Waals surface area contributed by atoms with Crippen molar-refractivity contribution in [3.05, 3.63) is 77.5 Å². The highest BCUT2D eigenvalue weighted by atomic mass is 16.7. The second-order valence-corrected chi connectivity index (χ2v) is 6.09. The maximum Gasteiger partial charge on any atom is 0.251 e. The van der Waals surface area contributed by atoms with Crippen LogP contribution < -0.4 is 19.5 Å². The number of carbonyl (C=O) groups excluding carboxylic acids is 1. The molecule has 1 N–H and O–H groups in total. The minimum atomic E-state index is -0.209. The maximum atomic E-state index is 12.5. The molecule has 0 aliphatic carbocycles. The van der Waals surface area contributed by atoms with Crippen LogP contribution in [0.3, 0.4) is 0 Å². The number of pyridine rings is 1. The van der Waals surface area contributed by atoms with Crippen molar-refractivity contribution in [1.29, 1.82) is 0 Å². The predicted octanol–water partition coefficient (Wildman–Crippen LogP) is 3.84. The fraction of sp³-hybridized carbons (Fsp3) is 0.143. The van der Waals surface area contributed by atoms with Crippen LogP contribution in [0.2, 0.25) is 0 Å². The first-order valence-electron chi connectivity index (χ1n) is 8.56. The third-order valence-electron chi connectivity index (χ3n) is 4.22. The second kappa shape index (κ2) is 7.37. The minimum Gasteiger partial charge on any atom is -0.454 e. The quantitative estimate of drug-likeness (QED) is 0.747. The average Bonchev–Trinajstić information content (AvgIpc) is 3.16. The summed E-state index contributed by atoms with van der Waals surface area (Å²) in [5, 5.41) is 2.89. The van der Waals surface area contributed by atoms with Gasteiger partial charge in [0.25, 0.3) is 5.91 Å². The fourth-order valence-corrected chi connectivity index (χ4v) is 2.74. The van der Waals surface area contributed by atoms with Gasteiger partial charge in [0.15, 0.2) is 11.5 Å². The van der Waals surface area contributed by atoms with Gasteiger partial charge in [0.1, 0.15) is 5.75 Å². The van der Waals surface area contributed by atoms with Gasteiger partial charge in [-0.15, -0.1) is 0 Å². The number of rotatable bonds is 5. The molecule has 2 heterocycles. The van der Waals surface area contributed by atoms with Gasteiger partial charge in [-0.3, -0.25) is 4.79 Å². The largest absolute Gasteiger partial charge is 0.454 e. The molecule has 1 aromatic heterocycles. The van der Waals surface area contributed by atoms with Crippen LogP contribution in [0.4, 0.5) is 0 Å². The summed E-state index contributed by atoms with van der Waals surface area (Å²) >= 11 is 0. The Morgan fingerprint density at radius 3 is 2.85 bits per heavy atom. The summed E-state index contributed by atoms with van der Waals surface area (Å²) in [5.41, 5.74) is 2.30. The van der Waals surface area contributed by atoms with E-state index in [1.807, 2.05) is 43.3 Å². The fourth-order valence-electron chi connectivity index (χ4n) is 2.74. The van der Waals surface area contributed by atoms with E-state index in [0.29, 0.717) is 29.5 Å². The number of fused-ring (bicyclic) bond motifs is 1. The number of hydrogen-bond acceptors (Lipinski definition) is 5. The normalized spacial score (nSPS) is 11.9. The Morgan fingerprint density at radius 1 is 1.11 bits per heavy atom. The van der Waals surface area contributed by atoms with E-state index in [0.717, 1.165) is 16.9 Å². The average molecular weight is 362 g/mol. The van der Waals surface area contributed by atoms with Gasteiger partial charge in [-0.1, -0.05) is 24.3 Å². The van der Waals surface area contributed by atoms with Crippen LogP contribution >= 0.6 is 0 Å². The predicted molar refractivity (Wildman–Crippen MR) is 99.2 cm³/mol. The second-order valence-electron chi connectivity index (χ2n) is 6.09. The number of aryl methyl sites for hydroxylation is 1. The molecule has 0 spiro atoms. The molecule has 6 heteroatoms. The van der Waals surface area contributed by atoms with E-state index in [2.05, 4.69) is 10.3 Å². The molecular formula is C21H18N2O4. The van der Waals surface area contributed by atoms with Crippen molar-refractivity contribution in [3.8, 4) is 23.1 Å². The number of nitrogens with zero attached hydrogens (tertiary/aromatic N) is 1. The molecule has 0 bridgehead atoms. The number of benzene rings is 2. The van der Waals surface area contributed by atoms with Crippen molar-refractivity contribution in [1.82, 2.24) is 10.3 Å². The third kappa shape index (κ3) is 3.69. The standard InChI is InChI=1S/C21H18N2O4/c1-14-5-2-3-7-17(14)27-21-16(6-4-10-22-21)12-23-20(24)15-8-9-18-19(11-15)26-13-25-18/h2-11H,12-13H2,1H3,(H,23,24). The lowest BCUT2D eigenvalue weighted by Crippen LogP contribution is -2.23. The molecule has 6 nitrogen and oxygen atoms in total. The molecule has 0 atom stereocenters. The van der Waals surface area contributed by atoms with Crippen LogP contribution in [-0.2, 0) is 6.54 Å². The summed E-state index contributed by atoms with van der Waals surface area (Å²) in [6, 6.07) is 16.5. The summed E-state index contributed by atoms with van der Waals surface area (Å²) in [5.74, 6) is 2.22. The summed E-state index contributed by atoms with van der Waals surface area (Å²) in [7, 11) is 0. The molecule has 1 aliphatic rings. The number of nitrogens with one attached hydrogen (secondary N) is 1. The van der Waals surface area contributed by atoms with Gasteiger partial charge in [0, 0.05) is 23.9 Å². The zero-order valence-corrected chi connectivity index (χ0v) is 14.8. The van der Waals surface area contributed by atoms with E-state index in [9.17, 15) is 4.79 Å². The molecule has 1 amide bonds. The topological polar surface area (TPSA) is 69.7 Å². The van der Waals surface area contributed by atoms with Gasteiger partial charge in [-0.2, -0.15) is 0 Å². The van der Waals surface area contributed by atoms with E-state index in [1.54, 1.807) is 24.4 Å². The van der Waals surface area contributed by atoms with Crippen LogP contribution in [-0.4, -0.2) is 17.7 Å². The van der Waals surface area contributed by atoms with Crippen LogP contribution in [0, 0.1) is 6.92 Å². The number of carbonyl (C=O) groups is 1. The van der Waals surface area contributed by atoms with Gasteiger partial charge >= 0.3 is 0 Å². The molecule has 0 saturated heterocycles. The van der Waals surface area contributed by atoms with Crippen molar-refractivity contribution < 1.29 is 19.0 Å². The van der Waals surface area contributed by atoms with Crippen LogP contribution in [0.25, 0.3) is 0 Å². The Bertz CT molecular complexity index is 987. The van der Waals surface area contributed by atoms with Crippen molar-refractivity contribution in [2.24, 2.45) is 0 Å². The number of ether oxygens (including phenoxy) is 3. The number of aromatic nitrogens is 1. The van der Waals surface area contributed by atoms with Gasteiger partial charge in [-0.25, -0.2) is 4.98 Å². The Labute approximate surface area is 156 Å². The zero-order chi connectivity index (χ0) is 18.6. The number of hydrogen-bond donors (Lipinski definition) is 1. The third-order valence-corrected chi connectivity index (χ3v) is 4.22. The zero-order valence-electron chi connectivity index (χ0n) is 14.8. The van der Waals surface area contributed by atoms with E-state index in [-0.39, 0.29) is 12.7 Å². The van der Waals surface area contributed by atoms with Crippen LogP contribution in [0.5, 0.6) is 23.1 Å². The van der Waals surface area contributed by atoms with Crippen molar-refractivity contribution in [2.45, 2.75) is 13.5 Å². The molecule has 1 aliphatic heterocycles. The van der Waals surface area contributed by atoms with Crippen LogP contribution in [0.15, 0.2) is 60.8 Å². The number of amides is 1. The van der Waals surface area contributed by atoms with E-state index in [4.69, 9.17) is 14.2 Å². The monoisotopic (exact) mass is 362 g/mol. The molecule has 0 fully saturated rings. The summed E-state index contributed by atoms with van der Waals surface area (Å²) in [4.78, 5) is 16.8. The van der Waals surface area contributed by atoms with E-state index >= 15 is 0 Å². The summed E-state index contributed by atoms with van der Waals surface area (Å²) in [6.45, 7) is 2.44. The lowest BCUT2D eigenvalue weighted by atomic mass is 10.2. The maximum absolute atomic E-state index is 12.5. The lowest BCUT2D eigenvalue weighted by molar-refractivity contribution is 0.0950. The Balaban J connectivity index is 1.47. The highest BCUT2D eigenvalue weighted by Gasteiger charge is 2.16. The van der Waals surface area contributed by atoms with Gasteiger partial charge in [-0.05, 0) is 42.8 Å². The first-order valence-corrected chi connectivity index (χ1v) is 8.56. The van der Waals surface area contributed by atoms with Crippen molar-refractivity contribution in [3.63, 3.8) is 0 Å². The van der Waals surface area contributed by atoms with Gasteiger partial charge < -0.3 is 19.5 Å². The highest BCUT2D eigenvalue weighted by molar-refractivity contribution is 5.94. The molecule has 3 aromatic rings. The highest BCUT2D eigenvalue weighted by Crippen LogP contribution is 2.32. The Morgan fingerprint density at radius 2 is 1.96 bits per heavy atom. The molecule has 27 heavy (non-hydrogen) atoms. The summed E-state index contributed by atoms with van der Waals surface area (Å²) < 4.78 is 16.5. The smallest absolute Gasteiger partial charge is 0.251 e. The van der Waals surface area contributed by atoms with E-state index in [1.165, 1.54) is 0 Å². The number of para-hydroxylation sites is 1. The molecule has 2 aromatic carbocycles. The first-order chi connectivity index (χ1) is 13.2. The SMILES string of the molecule is Cc1ccccc1Oc1ncccc1CNC(=O)c1ccc2c(c1)OCO2. The molecule has 136 valence electrons. The van der Waals surface area contributed by atoms with Crippen molar-refractivity contribution in [2.75, 3.05) is 6.79 Å². The Hall–Kier alpha value is -3.54. The summed E-state index contributed by atoms with van der Waals surface area (Å²) in [6.07, 6.45) is 1.66. The molecular weight excluding hydrogens is 344 g/mol. The Kier molecular flexibility index (Phi) is 4.61. The van der Waals surface area contributed by atoms with Gasteiger partial charge in [0.05, 0.1) is 0 Å². The van der Waals surface area contributed by atoms with Gasteiger partial charge in [0.2, 0.25) is 12.7 Å². The van der Waals surface area contributed by atoms with Crippen LogP contribution in [0.1, 0.15) is 21.5 Å². The van der Waals surface area contributed by atoms with Crippen molar-refractivity contribution >= 4 is 5.91 Å². The first kappa shape index (κ1) is 16.9. The molecule has 0 radical (unpaired) electrons. The van der Waals surface area contributed by atoms with E-state index < -0.39 is 0 Å². The lowest BCUT2D eigenvalue weighted by Gasteiger charge is -2.12. The molecule has 0 saturated carbocycles. The minimum absolute atomic E-state index is 0.176.